The number of aliphatic hydroxyl groups is 1. The average Bonchev–Trinajstić information content (AvgIpc) is 3.18. The van der Waals surface area contributed by atoms with Crippen LogP contribution in [0.5, 0.6) is 0 Å². The number of carbonyl (C=O) groups is 1. The van der Waals surface area contributed by atoms with Gasteiger partial charge in [0, 0.05) is 28.9 Å². The molecule has 33 heavy (non-hydrogen) atoms. The van der Waals surface area contributed by atoms with E-state index in [1.807, 2.05) is 6.07 Å². The highest BCUT2D eigenvalue weighted by atomic mass is 16.5. The van der Waals surface area contributed by atoms with Gasteiger partial charge in [-0.15, -0.1) is 0 Å². The van der Waals surface area contributed by atoms with Gasteiger partial charge in [-0.05, 0) is 63.7 Å². The van der Waals surface area contributed by atoms with Crippen LogP contribution in [0.2, 0.25) is 0 Å². The van der Waals surface area contributed by atoms with Gasteiger partial charge in [0.05, 0.1) is 12.7 Å². The summed E-state index contributed by atoms with van der Waals surface area (Å²) in [7, 11) is 0. The molecule has 1 aliphatic carbocycles. The molecule has 0 spiro atoms. The second-order valence-corrected chi connectivity index (χ2v) is 9.28. The van der Waals surface area contributed by atoms with Gasteiger partial charge in [-0.1, -0.05) is 49.9 Å². The van der Waals surface area contributed by atoms with Gasteiger partial charge < -0.3 is 19.5 Å². The van der Waals surface area contributed by atoms with Gasteiger partial charge in [0.1, 0.15) is 12.4 Å². The number of hydrogen-bond acceptors (Lipinski definition) is 5. The molecule has 3 rings (SSSR count). The molecule has 1 aromatic rings. The van der Waals surface area contributed by atoms with E-state index < -0.39 is 6.10 Å². The normalized spacial score (nSPS) is 20.5. The van der Waals surface area contributed by atoms with Gasteiger partial charge in [0.15, 0.2) is 0 Å². The van der Waals surface area contributed by atoms with Crippen molar-refractivity contribution in [3.05, 3.63) is 77.7 Å². The Labute approximate surface area is 198 Å². The monoisotopic (exact) mass is 451 g/mol. The van der Waals surface area contributed by atoms with Crippen LogP contribution in [-0.2, 0) is 14.3 Å². The molecule has 0 bridgehead atoms. The van der Waals surface area contributed by atoms with Crippen molar-refractivity contribution in [1.82, 2.24) is 4.90 Å². The summed E-state index contributed by atoms with van der Waals surface area (Å²) >= 11 is 0. The number of esters is 1. The van der Waals surface area contributed by atoms with E-state index in [1.54, 1.807) is 6.92 Å². The third-order valence-electron chi connectivity index (χ3n) is 6.04. The summed E-state index contributed by atoms with van der Waals surface area (Å²) in [5, 5.41) is 10.3. The fraction of sp³-hybridized carbons (Fsp3) is 0.464. The van der Waals surface area contributed by atoms with Crippen molar-refractivity contribution in [3.63, 3.8) is 0 Å². The standard InChI is InChI=1S/C28H37NO4/c1-19(2)28(31)32-14-10-9-13-23(30)18-33-24-15-21(5)25-17-26(22-11-7-6-8-12-22)29(20(3)4)27(25)16-24/h6-8,11-12,15-17,20-21,23,25,30H,1,9-10,13-14,18H2,2-5H3. The molecule has 178 valence electrons. The van der Waals surface area contributed by atoms with Crippen LogP contribution in [0.4, 0.5) is 0 Å². The van der Waals surface area contributed by atoms with E-state index in [0.717, 1.165) is 12.2 Å². The first kappa shape index (κ1) is 24.8. The van der Waals surface area contributed by atoms with Crippen LogP contribution >= 0.6 is 0 Å². The van der Waals surface area contributed by atoms with Crippen molar-refractivity contribution >= 4 is 11.7 Å². The lowest BCUT2D eigenvalue weighted by Gasteiger charge is -2.33. The van der Waals surface area contributed by atoms with E-state index in [-0.39, 0.29) is 12.6 Å². The van der Waals surface area contributed by atoms with Crippen LogP contribution in [0.3, 0.4) is 0 Å². The summed E-state index contributed by atoms with van der Waals surface area (Å²) in [4.78, 5) is 13.8. The number of carbonyl (C=O) groups excluding carboxylic acids is 1. The maximum absolute atomic E-state index is 11.4. The van der Waals surface area contributed by atoms with Crippen molar-refractivity contribution in [2.45, 2.75) is 59.1 Å². The van der Waals surface area contributed by atoms with E-state index in [0.29, 0.717) is 42.9 Å². The lowest BCUT2D eigenvalue weighted by molar-refractivity contribution is -0.139. The Kier molecular flexibility index (Phi) is 8.56. The Hall–Kier alpha value is -2.79. The van der Waals surface area contributed by atoms with Crippen LogP contribution in [0.1, 0.15) is 52.5 Å². The molecule has 5 nitrogen and oxygen atoms in total. The second kappa shape index (κ2) is 11.4. The minimum absolute atomic E-state index is 0.249. The van der Waals surface area contributed by atoms with Gasteiger partial charge in [0.2, 0.25) is 0 Å². The Bertz CT molecular complexity index is 928. The first-order valence-electron chi connectivity index (χ1n) is 11.9. The van der Waals surface area contributed by atoms with Crippen LogP contribution in [0.25, 0.3) is 5.70 Å². The second-order valence-electron chi connectivity index (χ2n) is 9.28. The van der Waals surface area contributed by atoms with Crippen molar-refractivity contribution < 1.29 is 19.4 Å². The fourth-order valence-corrected chi connectivity index (χ4v) is 4.34. The maximum Gasteiger partial charge on any atom is 0.333 e. The Morgan fingerprint density at radius 3 is 2.58 bits per heavy atom. The third kappa shape index (κ3) is 6.38. The zero-order valence-electron chi connectivity index (χ0n) is 20.3. The largest absolute Gasteiger partial charge is 0.491 e. The van der Waals surface area contributed by atoms with E-state index in [9.17, 15) is 9.90 Å². The predicted octanol–water partition coefficient (Wildman–Crippen LogP) is 5.45. The van der Waals surface area contributed by atoms with E-state index in [4.69, 9.17) is 9.47 Å². The molecule has 1 aliphatic heterocycles. The Morgan fingerprint density at radius 1 is 1.18 bits per heavy atom. The van der Waals surface area contributed by atoms with E-state index in [1.165, 1.54) is 17.0 Å². The molecule has 3 atom stereocenters. The molecule has 1 N–H and O–H groups in total. The highest BCUT2D eigenvalue weighted by Crippen LogP contribution is 2.44. The topological polar surface area (TPSA) is 59.0 Å². The first-order valence-corrected chi connectivity index (χ1v) is 11.9. The lowest BCUT2D eigenvalue weighted by atomic mass is 9.87. The van der Waals surface area contributed by atoms with Crippen LogP contribution in [0, 0.1) is 11.8 Å². The van der Waals surface area contributed by atoms with Crippen LogP contribution in [-0.4, -0.2) is 41.3 Å². The molecule has 5 heteroatoms. The molecular weight excluding hydrogens is 414 g/mol. The quantitative estimate of drug-likeness (QED) is 0.275. The zero-order chi connectivity index (χ0) is 24.0. The number of hydrogen-bond donors (Lipinski definition) is 1. The number of fused-ring (bicyclic) bond motifs is 1. The first-order chi connectivity index (χ1) is 15.8. The number of benzene rings is 1. The number of aliphatic hydroxyl groups excluding tert-OH is 1. The van der Waals surface area contributed by atoms with Gasteiger partial charge in [0.25, 0.3) is 0 Å². The summed E-state index contributed by atoms with van der Waals surface area (Å²) in [6.45, 7) is 12.4. The van der Waals surface area contributed by atoms with Crippen LogP contribution < -0.4 is 0 Å². The molecule has 0 radical (unpaired) electrons. The lowest BCUT2D eigenvalue weighted by Crippen LogP contribution is -2.29. The average molecular weight is 452 g/mol. The summed E-state index contributed by atoms with van der Waals surface area (Å²) < 4.78 is 11.1. The zero-order valence-corrected chi connectivity index (χ0v) is 20.3. The molecule has 0 amide bonds. The molecule has 0 fully saturated rings. The van der Waals surface area contributed by atoms with Crippen molar-refractivity contribution in [1.29, 1.82) is 0 Å². The summed E-state index contributed by atoms with van der Waals surface area (Å²) in [6.07, 6.45) is 8.16. The minimum Gasteiger partial charge on any atom is -0.491 e. The number of rotatable bonds is 11. The Morgan fingerprint density at radius 2 is 1.91 bits per heavy atom. The molecule has 0 saturated carbocycles. The SMILES string of the molecule is C=C(C)C(=O)OCCCCC(O)COC1=CC(C)C2C=C(c3ccccc3)N(C(C)C)C2=C1. The number of unbranched alkanes of at least 4 members (excludes halogenated alkanes) is 1. The fourth-order valence-electron chi connectivity index (χ4n) is 4.34. The van der Waals surface area contributed by atoms with E-state index >= 15 is 0 Å². The molecule has 2 aliphatic rings. The predicted molar refractivity (Wildman–Crippen MR) is 132 cm³/mol. The van der Waals surface area contributed by atoms with Gasteiger partial charge in [-0.3, -0.25) is 0 Å². The van der Waals surface area contributed by atoms with Gasteiger partial charge >= 0.3 is 5.97 Å². The maximum atomic E-state index is 11.4. The molecule has 0 aromatic heterocycles. The number of nitrogens with zero attached hydrogens (tertiary/aromatic N) is 1. The number of ether oxygens (including phenoxy) is 2. The highest BCUT2D eigenvalue weighted by Gasteiger charge is 2.36. The minimum atomic E-state index is -0.558. The molecule has 3 unspecified atom stereocenters. The summed E-state index contributed by atoms with van der Waals surface area (Å²) in [5.74, 6) is 1.08. The summed E-state index contributed by atoms with van der Waals surface area (Å²) in [6, 6.07) is 10.8. The molecule has 1 heterocycles. The molecule has 1 aromatic carbocycles. The van der Waals surface area contributed by atoms with Crippen molar-refractivity contribution in [2.24, 2.45) is 11.8 Å². The smallest absolute Gasteiger partial charge is 0.333 e. The molecule has 0 saturated heterocycles. The number of allylic oxidation sites excluding steroid dienone is 3. The Balaban J connectivity index is 1.54. The highest BCUT2D eigenvalue weighted by molar-refractivity contribution is 5.86. The molecular formula is C28H37NO4. The van der Waals surface area contributed by atoms with Gasteiger partial charge in [-0.25, -0.2) is 4.79 Å². The van der Waals surface area contributed by atoms with Crippen molar-refractivity contribution in [3.8, 4) is 0 Å². The van der Waals surface area contributed by atoms with Crippen LogP contribution in [0.15, 0.2) is 72.2 Å². The van der Waals surface area contributed by atoms with Gasteiger partial charge in [-0.2, -0.15) is 0 Å². The third-order valence-corrected chi connectivity index (χ3v) is 6.04. The van der Waals surface area contributed by atoms with Crippen molar-refractivity contribution in [2.75, 3.05) is 13.2 Å². The summed E-state index contributed by atoms with van der Waals surface area (Å²) in [5.41, 5.74) is 4.12. The van der Waals surface area contributed by atoms with E-state index in [2.05, 4.69) is 74.7 Å².